The summed E-state index contributed by atoms with van der Waals surface area (Å²) in [6, 6.07) is 10.1. The maximum Gasteiger partial charge on any atom is 0.193 e. The van der Waals surface area contributed by atoms with E-state index >= 15 is 0 Å². The molecule has 1 heterocycles. The summed E-state index contributed by atoms with van der Waals surface area (Å²) in [6.45, 7) is 2.91. The summed E-state index contributed by atoms with van der Waals surface area (Å²) in [7, 11) is 7.56. The number of methoxy groups -OCH3 is 1. The largest absolute Gasteiger partial charge is 0.497 e. The van der Waals surface area contributed by atoms with Crippen LogP contribution in [0.1, 0.15) is 17.7 Å². The first-order valence-electron chi connectivity index (χ1n) is 8.96. The third-order valence-electron chi connectivity index (χ3n) is 4.22. The molecule has 2 rings (SSSR count). The van der Waals surface area contributed by atoms with Gasteiger partial charge in [0.25, 0.3) is 0 Å². The normalized spacial score (nSPS) is 11.5. The Morgan fingerprint density at radius 2 is 2.04 bits per heavy atom. The van der Waals surface area contributed by atoms with Gasteiger partial charge in [-0.25, -0.2) is 0 Å². The van der Waals surface area contributed by atoms with Crippen molar-refractivity contribution in [2.24, 2.45) is 12.0 Å². The van der Waals surface area contributed by atoms with E-state index in [2.05, 4.69) is 48.0 Å². The fraction of sp³-hybridized carbons (Fsp3) is 0.450. The van der Waals surface area contributed by atoms with Crippen molar-refractivity contribution in [3.8, 4) is 5.75 Å². The number of hydrogen-bond donors (Lipinski definition) is 1. The van der Waals surface area contributed by atoms with Crippen LogP contribution < -0.4 is 10.1 Å². The molecule has 0 saturated carbocycles. The zero-order valence-electron chi connectivity index (χ0n) is 16.5. The van der Waals surface area contributed by atoms with Gasteiger partial charge in [0, 0.05) is 50.7 Å². The molecule has 0 aliphatic rings. The summed E-state index contributed by atoms with van der Waals surface area (Å²) >= 11 is 3.51. The molecule has 2 aromatic rings. The Bertz CT molecular complexity index is 728. The highest BCUT2D eigenvalue weighted by atomic mass is 79.9. The minimum absolute atomic E-state index is 0.612. The zero-order valence-corrected chi connectivity index (χ0v) is 18.1. The van der Waals surface area contributed by atoms with Crippen molar-refractivity contribution in [2.75, 3.05) is 34.4 Å². The van der Waals surface area contributed by atoms with Crippen LogP contribution in [0.25, 0.3) is 0 Å². The number of halogens is 1. The standard InChI is InChI=1S/C20H29BrN4O2/c1-22-20(25(3)14-18-12-17(21)13-24(18)2)23-10-5-11-27-15-16-6-8-19(26-4)9-7-16/h6-9,12-13H,5,10-11,14-15H2,1-4H3,(H,22,23). The van der Waals surface area contributed by atoms with Crippen LogP contribution in [0, 0.1) is 0 Å². The van der Waals surface area contributed by atoms with Gasteiger partial charge in [0.1, 0.15) is 5.75 Å². The van der Waals surface area contributed by atoms with E-state index < -0.39 is 0 Å². The minimum atomic E-state index is 0.612. The van der Waals surface area contributed by atoms with Crippen molar-refractivity contribution in [1.29, 1.82) is 0 Å². The average Bonchev–Trinajstić information content (AvgIpc) is 2.98. The highest BCUT2D eigenvalue weighted by molar-refractivity contribution is 9.10. The number of guanidine groups is 1. The molecule has 1 aromatic carbocycles. The van der Waals surface area contributed by atoms with Crippen LogP contribution in [0.4, 0.5) is 0 Å². The number of aromatic nitrogens is 1. The second-order valence-corrected chi connectivity index (χ2v) is 7.26. The Morgan fingerprint density at radius 3 is 2.63 bits per heavy atom. The van der Waals surface area contributed by atoms with Gasteiger partial charge in [0.2, 0.25) is 0 Å². The number of nitrogens with one attached hydrogen (secondary N) is 1. The summed E-state index contributed by atoms with van der Waals surface area (Å²) in [5.74, 6) is 1.74. The number of ether oxygens (including phenoxy) is 2. The molecule has 0 bridgehead atoms. The van der Waals surface area contributed by atoms with Crippen LogP contribution >= 0.6 is 15.9 Å². The summed E-state index contributed by atoms with van der Waals surface area (Å²) in [5, 5.41) is 3.39. The smallest absolute Gasteiger partial charge is 0.193 e. The number of nitrogens with zero attached hydrogens (tertiary/aromatic N) is 3. The Labute approximate surface area is 170 Å². The van der Waals surface area contributed by atoms with Crippen molar-refractivity contribution in [3.05, 3.63) is 52.3 Å². The van der Waals surface area contributed by atoms with Gasteiger partial charge in [-0.15, -0.1) is 0 Å². The highest BCUT2D eigenvalue weighted by Crippen LogP contribution is 2.15. The SMILES string of the molecule is CN=C(NCCCOCc1ccc(OC)cc1)N(C)Cc1cc(Br)cn1C. The molecule has 0 amide bonds. The number of aliphatic imine (C=N–C) groups is 1. The number of hydrogen-bond acceptors (Lipinski definition) is 3. The summed E-state index contributed by atoms with van der Waals surface area (Å²) in [5.41, 5.74) is 2.36. The van der Waals surface area contributed by atoms with Crippen LogP contribution in [0.15, 0.2) is 46.0 Å². The van der Waals surface area contributed by atoms with Gasteiger partial charge in [-0.05, 0) is 46.1 Å². The first-order valence-corrected chi connectivity index (χ1v) is 9.76. The molecule has 0 saturated heterocycles. The quantitative estimate of drug-likeness (QED) is 0.371. The van der Waals surface area contributed by atoms with Gasteiger partial charge in [-0.3, -0.25) is 4.99 Å². The maximum absolute atomic E-state index is 5.74. The van der Waals surface area contributed by atoms with Crippen molar-refractivity contribution >= 4 is 21.9 Å². The third kappa shape index (κ3) is 6.92. The van der Waals surface area contributed by atoms with E-state index in [1.807, 2.05) is 38.4 Å². The Kier molecular flexibility index (Phi) is 8.67. The molecular formula is C20H29BrN4O2. The first kappa shape index (κ1) is 21.3. The van der Waals surface area contributed by atoms with E-state index in [0.717, 1.165) is 41.3 Å². The molecule has 7 heteroatoms. The summed E-state index contributed by atoms with van der Waals surface area (Å²) < 4.78 is 14.1. The van der Waals surface area contributed by atoms with E-state index in [-0.39, 0.29) is 0 Å². The predicted molar refractivity (Wildman–Crippen MR) is 113 cm³/mol. The number of rotatable bonds is 9. The Morgan fingerprint density at radius 1 is 1.30 bits per heavy atom. The van der Waals surface area contributed by atoms with Crippen molar-refractivity contribution in [1.82, 2.24) is 14.8 Å². The average molecular weight is 437 g/mol. The van der Waals surface area contributed by atoms with Crippen LogP contribution in [-0.2, 0) is 24.9 Å². The fourth-order valence-electron chi connectivity index (χ4n) is 2.71. The third-order valence-corrected chi connectivity index (χ3v) is 4.66. The van der Waals surface area contributed by atoms with Gasteiger partial charge < -0.3 is 24.3 Å². The van der Waals surface area contributed by atoms with Gasteiger partial charge in [0.05, 0.1) is 20.3 Å². The molecule has 0 aliphatic carbocycles. The molecule has 1 aromatic heterocycles. The topological polar surface area (TPSA) is 51.0 Å². The van der Waals surface area contributed by atoms with E-state index in [4.69, 9.17) is 9.47 Å². The fourth-order valence-corrected chi connectivity index (χ4v) is 3.28. The Hall–Kier alpha value is -1.99. The van der Waals surface area contributed by atoms with Gasteiger partial charge in [0.15, 0.2) is 5.96 Å². The second-order valence-electron chi connectivity index (χ2n) is 6.34. The van der Waals surface area contributed by atoms with Crippen LogP contribution in [-0.4, -0.2) is 49.8 Å². The first-order chi connectivity index (χ1) is 13.0. The lowest BCUT2D eigenvalue weighted by molar-refractivity contribution is 0.119. The Balaban J connectivity index is 1.66. The van der Waals surface area contributed by atoms with Gasteiger partial charge in [-0.2, -0.15) is 0 Å². The molecular weight excluding hydrogens is 408 g/mol. The molecule has 27 heavy (non-hydrogen) atoms. The van der Waals surface area contributed by atoms with E-state index in [1.54, 1.807) is 14.2 Å². The monoisotopic (exact) mass is 436 g/mol. The molecule has 0 radical (unpaired) electrons. The lowest BCUT2D eigenvalue weighted by Gasteiger charge is -2.22. The lowest BCUT2D eigenvalue weighted by atomic mass is 10.2. The zero-order chi connectivity index (χ0) is 19.6. The number of aryl methyl sites for hydroxylation is 1. The van der Waals surface area contributed by atoms with Crippen LogP contribution in [0.2, 0.25) is 0 Å². The van der Waals surface area contributed by atoms with Gasteiger partial charge >= 0.3 is 0 Å². The molecule has 0 spiro atoms. The molecule has 148 valence electrons. The minimum Gasteiger partial charge on any atom is -0.497 e. The highest BCUT2D eigenvalue weighted by Gasteiger charge is 2.09. The van der Waals surface area contributed by atoms with Crippen molar-refractivity contribution in [3.63, 3.8) is 0 Å². The molecule has 0 unspecified atom stereocenters. The molecule has 0 fully saturated rings. The molecule has 0 aliphatic heterocycles. The van der Waals surface area contributed by atoms with Crippen LogP contribution in [0.3, 0.4) is 0 Å². The van der Waals surface area contributed by atoms with Crippen molar-refractivity contribution in [2.45, 2.75) is 19.6 Å². The van der Waals surface area contributed by atoms with E-state index in [0.29, 0.717) is 13.2 Å². The predicted octanol–water partition coefficient (Wildman–Crippen LogP) is 3.41. The number of benzene rings is 1. The summed E-state index contributed by atoms with van der Waals surface area (Å²) in [4.78, 5) is 6.47. The molecule has 0 atom stereocenters. The maximum atomic E-state index is 5.74. The second kappa shape index (κ2) is 11.0. The van der Waals surface area contributed by atoms with Gasteiger partial charge in [-0.1, -0.05) is 12.1 Å². The van der Waals surface area contributed by atoms with Crippen molar-refractivity contribution < 1.29 is 9.47 Å². The van der Waals surface area contributed by atoms with Crippen LogP contribution in [0.5, 0.6) is 5.75 Å². The lowest BCUT2D eigenvalue weighted by Crippen LogP contribution is -2.39. The molecule has 1 N–H and O–H groups in total. The van der Waals surface area contributed by atoms with E-state index in [1.165, 1.54) is 5.69 Å². The summed E-state index contributed by atoms with van der Waals surface area (Å²) in [6.07, 6.45) is 2.97. The van der Waals surface area contributed by atoms with E-state index in [9.17, 15) is 0 Å². The molecule has 6 nitrogen and oxygen atoms in total.